The molecule has 1 amide bonds. The summed E-state index contributed by atoms with van der Waals surface area (Å²) in [5, 5.41) is 15.7. The van der Waals surface area contributed by atoms with Gasteiger partial charge >= 0.3 is 0 Å². The number of unbranched alkanes of at least 4 members (excludes halogenated alkanes) is 14. The minimum atomic E-state index is -0.662. The van der Waals surface area contributed by atoms with E-state index in [1.165, 1.54) is 88.5 Å². The fourth-order valence-electron chi connectivity index (χ4n) is 4.31. The molecular weight excluding hydrogens is 398 g/mol. The number of nitrogens with two attached hydrogens (primary N) is 1. The van der Waals surface area contributed by atoms with E-state index < -0.39 is 6.04 Å². The van der Waals surface area contributed by atoms with E-state index in [1.807, 2.05) is 6.92 Å². The van der Waals surface area contributed by atoms with Crippen LogP contribution in [0.1, 0.15) is 115 Å². The number of anilines is 1. The Morgan fingerprint density at radius 1 is 0.875 bits per heavy atom. The van der Waals surface area contributed by atoms with Crippen LogP contribution in [0.5, 0.6) is 5.75 Å². The molecular formula is C27H45N3O2. The van der Waals surface area contributed by atoms with Gasteiger partial charge in [-0.2, -0.15) is 10.1 Å². The fourth-order valence-corrected chi connectivity index (χ4v) is 4.31. The highest BCUT2D eigenvalue weighted by Gasteiger charge is 2.33. The third kappa shape index (κ3) is 8.93. The van der Waals surface area contributed by atoms with Crippen LogP contribution in [0.15, 0.2) is 23.3 Å². The molecule has 1 heterocycles. The van der Waals surface area contributed by atoms with Gasteiger partial charge in [-0.05, 0) is 31.4 Å². The highest BCUT2D eigenvalue weighted by atomic mass is 16.3. The number of rotatable bonds is 17. The van der Waals surface area contributed by atoms with E-state index in [2.05, 4.69) is 12.0 Å². The number of benzene rings is 1. The lowest BCUT2D eigenvalue weighted by molar-refractivity contribution is -0.117. The Morgan fingerprint density at radius 3 is 1.88 bits per heavy atom. The van der Waals surface area contributed by atoms with E-state index in [0.29, 0.717) is 5.69 Å². The van der Waals surface area contributed by atoms with Crippen LogP contribution in [-0.2, 0) is 4.79 Å². The molecule has 2 rings (SSSR count). The average molecular weight is 444 g/mol. The van der Waals surface area contributed by atoms with Gasteiger partial charge in [-0.3, -0.25) is 4.79 Å². The van der Waals surface area contributed by atoms with Crippen LogP contribution >= 0.6 is 0 Å². The van der Waals surface area contributed by atoms with Gasteiger partial charge in [-0.25, -0.2) is 0 Å². The van der Waals surface area contributed by atoms with Crippen LogP contribution in [0, 0.1) is 6.92 Å². The first-order valence-electron chi connectivity index (χ1n) is 13.0. The number of aryl methyl sites for hydroxylation is 1. The smallest absolute Gasteiger partial charge is 0.270 e. The van der Waals surface area contributed by atoms with Crippen LogP contribution in [-0.4, -0.2) is 22.8 Å². The number of hydrogen-bond donors (Lipinski definition) is 2. The molecule has 0 bridgehead atoms. The number of phenols is 1. The first-order chi connectivity index (χ1) is 15.5. The lowest BCUT2D eigenvalue weighted by atomic mass is 10.0. The van der Waals surface area contributed by atoms with Gasteiger partial charge in [0.25, 0.3) is 5.91 Å². The molecule has 3 N–H and O–H groups in total. The average Bonchev–Trinajstić information content (AvgIpc) is 3.07. The van der Waals surface area contributed by atoms with E-state index in [9.17, 15) is 9.90 Å². The first kappa shape index (κ1) is 26.4. The normalized spacial score (nSPS) is 16.1. The van der Waals surface area contributed by atoms with Gasteiger partial charge in [0.05, 0.1) is 11.4 Å². The molecule has 1 atom stereocenters. The zero-order valence-corrected chi connectivity index (χ0v) is 20.5. The highest BCUT2D eigenvalue weighted by Crippen LogP contribution is 2.27. The van der Waals surface area contributed by atoms with E-state index in [-0.39, 0.29) is 11.7 Å². The van der Waals surface area contributed by atoms with Crippen molar-refractivity contribution in [2.24, 2.45) is 10.8 Å². The van der Waals surface area contributed by atoms with Crippen LogP contribution in [0.25, 0.3) is 0 Å². The zero-order valence-electron chi connectivity index (χ0n) is 20.5. The molecule has 180 valence electrons. The SMILES string of the molecule is CCCCCCCCCCCCCCCCCC1=NN(c2ccc(C)c(O)c2)C(=O)C1N. The van der Waals surface area contributed by atoms with Crippen molar-refractivity contribution in [3.8, 4) is 5.75 Å². The largest absolute Gasteiger partial charge is 0.508 e. The summed E-state index contributed by atoms with van der Waals surface area (Å²) in [5.74, 6) is -0.0563. The summed E-state index contributed by atoms with van der Waals surface area (Å²) < 4.78 is 0. The maximum Gasteiger partial charge on any atom is 0.270 e. The Morgan fingerprint density at radius 2 is 1.38 bits per heavy atom. The second-order valence-corrected chi connectivity index (χ2v) is 9.39. The molecule has 1 aliphatic rings. The monoisotopic (exact) mass is 443 g/mol. The van der Waals surface area contributed by atoms with Crippen molar-refractivity contribution in [2.45, 2.75) is 123 Å². The molecule has 0 radical (unpaired) electrons. The third-order valence-corrected chi connectivity index (χ3v) is 6.54. The van der Waals surface area contributed by atoms with Gasteiger partial charge < -0.3 is 10.8 Å². The molecule has 0 fully saturated rings. The molecule has 5 nitrogen and oxygen atoms in total. The predicted molar refractivity (Wildman–Crippen MR) is 135 cm³/mol. The zero-order chi connectivity index (χ0) is 23.2. The Labute approximate surface area is 195 Å². The summed E-state index contributed by atoms with van der Waals surface area (Å²) in [5.41, 5.74) is 8.19. The second kappa shape index (κ2) is 15.0. The van der Waals surface area contributed by atoms with Crippen LogP contribution in [0.4, 0.5) is 5.69 Å². The van der Waals surface area contributed by atoms with E-state index >= 15 is 0 Å². The summed E-state index contributed by atoms with van der Waals surface area (Å²) in [6.45, 7) is 4.09. The van der Waals surface area contributed by atoms with Crippen LogP contribution < -0.4 is 10.7 Å². The molecule has 1 aromatic rings. The molecule has 1 aliphatic heterocycles. The Kier molecular flexibility index (Phi) is 12.4. The maximum absolute atomic E-state index is 12.5. The third-order valence-electron chi connectivity index (χ3n) is 6.54. The lowest BCUT2D eigenvalue weighted by Crippen LogP contribution is -2.39. The number of nitrogens with zero attached hydrogens (tertiary/aromatic N) is 2. The molecule has 0 spiro atoms. The molecule has 0 aliphatic carbocycles. The lowest BCUT2D eigenvalue weighted by Gasteiger charge is -2.13. The standard InChI is InChI=1S/C27H45N3O2/c1-3-4-5-6-7-8-9-10-11-12-13-14-15-16-17-18-24-26(28)27(32)30(29-24)23-20-19-22(2)25(31)21-23/h19-21,26,31H,3-18,28H2,1-2H3. The van der Waals surface area contributed by atoms with Crippen molar-refractivity contribution < 1.29 is 9.90 Å². The van der Waals surface area contributed by atoms with Gasteiger partial charge in [-0.1, -0.05) is 103 Å². The maximum atomic E-state index is 12.5. The number of amides is 1. The van der Waals surface area contributed by atoms with Gasteiger partial charge in [0.15, 0.2) is 0 Å². The van der Waals surface area contributed by atoms with Crippen molar-refractivity contribution >= 4 is 17.3 Å². The first-order valence-corrected chi connectivity index (χ1v) is 13.0. The Bertz CT molecular complexity index is 717. The van der Waals surface area contributed by atoms with E-state index in [1.54, 1.807) is 18.2 Å². The number of carbonyl (C=O) groups excluding carboxylic acids is 1. The molecule has 0 aromatic heterocycles. The summed E-state index contributed by atoms with van der Waals surface area (Å²) in [4.78, 5) is 12.5. The Balaban J connectivity index is 1.52. The van der Waals surface area contributed by atoms with Crippen LogP contribution in [0.3, 0.4) is 0 Å². The number of hydrogen-bond acceptors (Lipinski definition) is 4. The van der Waals surface area contributed by atoms with Crippen molar-refractivity contribution in [3.63, 3.8) is 0 Å². The second-order valence-electron chi connectivity index (χ2n) is 9.39. The summed E-state index contributed by atoms with van der Waals surface area (Å²) in [6.07, 6.45) is 20.8. The van der Waals surface area contributed by atoms with Crippen molar-refractivity contribution in [1.29, 1.82) is 0 Å². The van der Waals surface area contributed by atoms with Crippen molar-refractivity contribution in [2.75, 3.05) is 5.01 Å². The summed E-state index contributed by atoms with van der Waals surface area (Å²) in [6, 6.07) is 4.48. The highest BCUT2D eigenvalue weighted by molar-refractivity contribution is 6.18. The van der Waals surface area contributed by atoms with Crippen molar-refractivity contribution in [1.82, 2.24) is 0 Å². The van der Waals surface area contributed by atoms with Gasteiger partial charge in [0, 0.05) is 6.07 Å². The molecule has 0 saturated carbocycles. The van der Waals surface area contributed by atoms with Gasteiger partial charge in [0.1, 0.15) is 11.8 Å². The Hall–Kier alpha value is -1.88. The minimum absolute atomic E-state index is 0.162. The molecule has 1 aromatic carbocycles. The summed E-state index contributed by atoms with van der Waals surface area (Å²) in [7, 11) is 0. The van der Waals surface area contributed by atoms with Crippen LogP contribution in [0.2, 0.25) is 0 Å². The van der Waals surface area contributed by atoms with Gasteiger partial charge in [-0.15, -0.1) is 0 Å². The molecule has 0 saturated heterocycles. The van der Waals surface area contributed by atoms with Gasteiger partial charge in [0.2, 0.25) is 0 Å². The summed E-state index contributed by atoms with van der Waals surface area (Å²) >= 11 is 0. The molecule has 32 heavy (non-hydrogen) atoms. The topological polar surface area (TPSA) is 78.9 Å². The number of phenolic OH excluding ortho intramolecular Hbond substituents is 1. The van der Waals surface area contributed by atoms with Crippen molar-refractivity contribution in [3.05, 3.63) is 23.8 Å². The number of carbonyl (C=O) groups is 1. The fraction of sp³-hybridized carbons (Fsp3) is 0.704. The predicted octanol–water partition coefficient (Wildman–Crippen LogP) is 6.99. The number of hydrazone groups is 1. The molecule has 1 unspecified atom stereocenters. The molecule has 5 heteroatoms. The van der Waals surface area contributed by atoms with E-state index in [0.717, 1.165) is 30.5 Å². The van der Waals surface area contributed by atoms with E-state index in [4.69, 9.17) is 5.73 Å². The number of aromatic hydroxyl groups is 1. The quantitative estimate of drug-likeness (QED) is 0.255. The minimum Gasteiger partial charge on any atom is -0.508 e.